The molecule has 1 N–H and O–H groups in total. The molecule has 0 saturated carbocycles. The van der Waals surface area contributed by atoms with Crippen molar-refractivity contribution in [1.29, 1.82) is 0 Å². The Morgan fingerprint density at radius 3 is 2.62 bits per heavy atom. The lowest BCUT2D eigenvalue weighted by atomic mass is 10.1. The molecule has 4 nitrogen and oxygen atoms in total. The van der Waals surface area contributed by atoms with Crippen molar-refractivity contribution in [2.45, 2.75) is 25.6 Å². The summed E-state index contributed by atoms with van der Waals surface area (Å²) in [5, 5.41) is 0.704. The zero-order valence-corrected chi connectivity index (χ0v) is 15.9. The maximum Gasteiger partial charge on any atom is 0.216 e. The Morgan fingerprint density at radius 1 is 1.12 bits per heavy atom. The van der Waals surface area contributed by atoms with Crippen molar-refractivity contribution in [1.82, 2.24) is 9.71 Å². The highest BCUT2D eigenvalue weighted by atomic mass is 32.2. The van der Waals surface area contributed by atoms with Crippen molar-refractivity contribution in [3.63, 3.8) is 0 Å². The van der Waals surface area contributed by atoms with Crippen LogP contribution in [0.1, 0.15) is 26.6 Å². The molecule has 0 atom stereocenters. The van der Waals surface area contributed by atoms with Gasteiger partial charge in [0.25, 0.3) is 0 Å². The number of nitrogens with zero attached hydrogens (tertiary/aromatic N) is 1. The maximum atomic E-state index is 12.9. The van der Waals surface area contributed by atoms with E-state index in [0.717, 1.165) is 21.6 Å². The van der Waals surface area contributed by atoms with Gasteiger partial charge in [-0.2, -0.15) is 0 Å². The molecule has 0 bridgehead atoms. The summed E-state index contributed by atoms with van der Waals surface area (Å²) in [4.78, 5) is 5.28. The van der Waals surface area contributed by atoms with Crippen LogP contribution in [0.3, 0.4) is 0 Å². The summed E-state index contributed by atoms with van der Waals surface area (Å²) in [7, 11) is -3.43. The number of rotatable bonds is 7. The van der Waals surface area contributed by atoms with Gasteiger partial charge in [0.15, 0.2) is 0 Å². The zero-order valence-electron chi connectivity index (χ0n) is 14.3. The molecule has 7 heteroatoms. The van der Waals surface area contributed by atoms with Crippen LogP contribution >= 0.6 is 11.3 Å². The minimum Gasteiger partial charge on any atom is -0.248 e. The van der Waals surface area contributed by atoms with E-state index in [1.165, 1.54) is 23.5 Å². The fourth-order valence-corrected chi connectivity index (χ4v) is 4.62. The Hall–Kier alpha value is -2.09. The van der Waals surface area contributed by atoms with Gasteiger partial charge in [-0.3, -0.25) is 0 Å². The van der Waals surface area contributed by atoms with Crippen LogP contribution in [0.4, 0.5) is 4.39 Å². The first kappa shape index (κ1) is 18.7. The highest BCUT2D eigenvalue weighted by molar-refractivity contribution is 7.88. The molecule has 136 valence electrons. The minimum atomic E-state index is -3.43. The smallest absolute Gasteiger partial charge is 0.216 e. The molecule has 0 fully saturated rings. The van der Waals surface area contributed by atoms with E-state index in [1.807, 2.05) is 25.1 Å². The number of halogens is 1. The predicted molar refractivity (Wildman–Crippen MR) is 102 cm³/mol. The molecule has 0 aliphatic carbocycles. The number of aromatic nitrogens is 1. The van der Waals surface area contributed by atoms with Gasteiger partial charge in [-0.1, -0.05) is 42.0 Å². The highest BCUT2D eigenvalue weighted by Crippen LogP contribution is 2.18. The number of hydrogen-bond acceptors (Lipinski definition) is 4. The molecule has 1 heterocycles. The standard InChI is InChI=1S/C19H19FN2O2S2/c1-14-3-2-4-16(9-14)13-26(23,24)22-12-19-21-11-18(25-19)10-15-5-7-17(20)8-6-15/h2-9,11,22H,10,12-13H2,1H3. The zero-order chi connectivity index (χ0) is 18.6. The lowest BCUT2D eigenvalue weighted by Crippen LogP contribution is -2.24. The van der Waals surface area contributed by atoms with Crippen molar-refractivity contribution in [2.75, 3.05) is 0 Å². The first-order valence-corrected chi connectivity index (χ1v) is 10.6. The van der Waals surface area contributed by atoms with Crippen LogP contribution in [0.15, 0.2) is 54.7 Å². The third-order valence-corrected chi connectivity index (χ3v) is 6.07. The molecule has 3 aromatic rings. The van der Waals surface area contributed by atoms with Gasteiger partial charge in [0.05, 0.1) is 12.3 Å². The van der Waals surface area contributed by atoms with Crippen molar-refractivity contribution in [3.8, 4) is 0 Å². The predicted octanol–water partition coefficient (Wildman–Crippen LogP) is 3.80. The van der Waals surface area contributed by atoms with E-state index >= 15 is 0 Å². The van der Waals surface area contributed by atoms with E-state index in [2.05, 4.69) is 9.71 Å². The monoisotopic (exact) mass is 390 g/mol. The summed E-state index contributed by atoms with van der Waals surface area (Å²) >= 11 is 1.45. The molecule has 0 unspecified atom stereocenters. The van der Waals surface area contributed by atoms with Crippen LogP contribution < -0.4 is 4.72 Å². The van der Waals surface area contributed by atoms with Gasteiger partial charge < -0.3 is 0 Å². The molecule has 0 saturated heterocycles. The summed E-state index contributed by atoms with van der Waals surface area (Å²) < 4.78 is 40.0. The van der Waals surface area contributed by atoms with Crippen molar-refractivity contribution in [3.05, 3.63) is 87.1 Å². The molecule has 26 heavy (non-hydrogen) atoms. The quantitative estimate of drug-likeness (QED) is 0.668. The molecule has 1 aromatic heterocycles. The summed E-state index contributed by atoms with van der Waals surface area (Å²) in [6, 6.07) is 13.8. The maximum absolute atomic E-state index is 12.9. The third kappa shape index (κ3) is 5.45. The summed E-state index contributed by atoms with van der Waals surface area (Å²) in [5.74, 6) is -0.315. The fraction of sp³-hybridized carbons (Fsp3) is 0.211. The normalized spacial score (nSPS) is 11.6. The number of nitrogens with one attached hydrogen (secondary N) is 1. The van der Waals surface area contributed by atoms with Gasteiger partial charge >= 0.3 is 0 Å². The summed E-state index contributed by atoms with van der Waals surface area (Å²) in [6.45, 7) is 2.10. The van der Waals surface area contributed by atoms with Crippen molar-refractivity contribution < 1.29 is 12.8 Å². The van der Waals surface area contributed by atoms with E-state index in [0.29, 0.717) is 11.4 Å². The topological polar surface area (TPSA) is 59.1 Å². The van der Waals surface area contributed by atoms with Crippen LogP contribution in [0, 0.1) is 12.7 Å². The number of hydrogen-bond donors (Lipinski definition) is 1. The van der Waals surface area contributed by atoms with E-state index < -0.39 is 10.0 Å². The highest BCUT2D eigenvalue weighted by Gasteiger charge is 2.13. The van der Waals surface area contributed by atoms with Crippen molar-refractivity contribution in [2.24, 2.45) is 0 Å². The second-order valence-electron chi connectivity index (χ2n) is 6.09. The number of thiazole rings is 1. The van der Waals surface area contributed by atoms with E-state index in [9.17, 15) is 12.8 Å². The molecule has 3 rings (SSSR count). The largest absolute Gasteiger partial charge is 0.248 e. The molecule has 0 radical (unpaired) electrons. The van der Waals surface area contributed by atoms with Gasteiger partial charge in [-0.25, -0.2) is 22.5 Å². The SMILES string of the molecule is Cc1cccc(CS(=O)(=O)NCc2ncc(Cc3ccc(F)cc3)s2)c1. The average Bonchev–Trinajstić information content (AvgIpc) is 3.02. The molecule has 0 spiro atoms. The van der Waals surface area contributed by atoms with Gasteiger partial charge in [-0.15, -0.1) is 11.3 Å². The van der Waals surface area contributed by atoms with Crippen molar-refractivity contribution >= 4 is 21.4 Å². The lowest BCUT2D eigenvalue weighted by molar-refractivity contribution is 0.580. The Balaban J connectivity index is 1.57. The van der Waals surface area contributed by atoms with E-state index in [4.69, 9.17) is 0 Å². The first-order chi connectivity index (χ1) is 12.4. The number of aryl methyl sites for hydroxylation is 1. The molecule has 2 aromatic carbocycles. The van der Waals surface area contributed by atoms with E-state index in [1.54, 1.807) is 24.4 Å². The Bertz CT molecular complexity index is 983. The molecule has 0 aliphatic heterocycles. The number of sulfonamides is 1. The molecular weight excluding hydrogens is 371 g/mol. The Kier molecular flexibility index (Phi) is 5.80. The van der Waals surface area contributed by atoms with Crippen LogP contribution in [0.5, 0.6) is 0 Å². The second kappa shape index (κ2) is 8.07. The minimum absolute atomic E-state index is 0.0531. The summed E-state index contributed by atoms with van der Waals surface area (Å²) in [5.41, 5.74) is 2.78. The van der Waals surface area contributed by atoms with Gasteiger partial charge in [0.1, 0.15) is 10.8 Å². The summed E-state index contributed by atoms with van der Waals surface area (Å²) in [6.07, 6.45) is 2.38. The van der Waals surface area contributed by atoms with Crippen LogP contribution in [-0.2, 0) is 28.7 Å². The fourth-order valence-electron chi connectivity index (χ4n) is 2.56. The Labute approximate surface area is 156 Å². The second-order valence-corrected chi connectivity index (χ2v) is 9.10. The lowest BCUT2D eigenvalue weighted by Gasteiger charge is -2.06. The van der Waals surface area contributed by atoms with Gasteiger partial charge in [0, 0.05) is 17.5 Å². The molecule has 0 aliphatic rings. The van der Waals surface area contributed by atoms with Crippen LogP contribution in [0.25, 0.3) is 0 Å². The van der Waals surface area contributed by atoms with Gasteiger partial charge in [-0.05, 0) is 30.2 Å². The average molecular weight is 391 g/mol. The van der Waals surface area contributed by atoms with Gasteiger partial charge in [0.2, 0.25) is 10.0 Å². The van der Waals surface area contributed by atoms with E-state index in [-0.39, 0.29) is 18.1 Å². The third-order valence-electron chi connectivity index (χ3n) is 3.78. The molecular formula is C19H19FN2O2S2. The number of benzene rings is 2. The first-order valence-electron chi connectivity index (χ1n) is 8.10. The van der Waals surface area contributed by atoms with Crippen LogP contribution in [0.2, 0.25) is 0 Å². The molecule has 0 amide bonds. The Morgan fingerprint density at radius 2 is 1.88 bits per heavy atom. The van der Waals surface area contributed by atoms with Crippen LogP contribution in [-0.4, -0.2) is 13.4 Å².